The van der Waals surface area contributed by atoms with Crippen molar-refractivity contribution < 1.29 is 0 Å². The van der Waals surface area contributed by atoms with Crippen molar-refractivity contribution in [3.63, 3.8) is 0 Å². The highest BCUT2D eigenvalue weighted by molar-refractivity contribution is 6.16. The van der Waals surface area contributed by atoms with E-state index >= 15 is 0 Å². The highest BCUT2D eigenvalue weighted by Crippen LogP contribution is 2.41. The van der Waals surface area contributed by atoms with E-state index in [1.54, 1.807) is 0 Å². The van der Waals surface area contributed by atoms with E-state index in [2.05, 4.69) is 164 Å². The molecule has 11 aromatic rings. The molecule has 0 atom stereocenters. The molecule has 0 bridgehead atoms. The average Bonchev–Trinajstić information content (AvgIpc) is 3.89. The van der Waals surface area contributed by atoms with E-state index in [0.29, 0.717) is 11.3 Å². The van der Waals surface area contributed by atoms with E-state index in [1.165, 1.54) is 21.8 Å². The summed E-state index contributed by atoms with van der Waals surface area (Å²) < 4.78 is 6.92. The molecule has 0 N–H and O–H groups in total. The SMILES string of the molecule is [C-]#[N+]c1cccc2c1c1ccccc1n2-c1cccc(-c2ccc(C#N)cc2-n2c3ccccc3c3cc(-n4c5ccccc5c5ccccc54)ccc32)c1. The fourth-order valence-corrected chi connectivity index (χ4v) is 8.77. The van der Waals surface area contributed by atoms with Gasteiger partial charge in [0.05, 0.1) is 51.5 Å². The van der Waals surface area contributed by atoms with Crippen molar-refractivity contribution in [2.45, 2.75) is 0 Å². The molecule has 0 amide bonds. The van der Waals surface area contributed by atoms with Crippen molar-refractivity contribution in [1.82, 2.24) is 13.7 Å². The lowest BCUT2D eigenvalue weighted by molar-refractivity contribution is 1.16. The van der Waals surface area contributed by atoms with E-state index in [4.69, 9.17) is 6.57 Å². The summed E-state index contributed by atoms with van der Waals surface area (Å²) in [5, 5.41) is 16.9. The van der Waals surface area contributed by atoms with Gasteiger partial charge in [-0.3, -0.25) is 0 Å². The predicted molar refractivity (Wildman–Crippen MR) is 226 cm³/mol. The monoisotopic (exact) mass is 699 g/mol. The van der Waals surface area contributed by atoms with E-state index in [-0.39, 0.29) is 0 Å². The lowest BCUT2D eigenvalue weighted by atomic mass is 10.0. The zero-order valence-corrected chi connectivity index (χ0v) is 29.5. The van der Waals surface area contributed by atoms with Gasteiger partial charge in [-0.2, -0.15) is 5.26 Å². The van der Waals surface area contributed by atoms with Gasteiger partial charge in [-0.1, -0.05) is 103 Å². The van der Waals surface area contributed by atoms with Crippen LogP contribution in [0, 0.1) is 17.9 Å². The maximum atomic E-state index is 10.2. The zero-order valence-electron chi connectivity index (χ0n) is 29.5. The summed E-state index contributed by atoms with van der Waals surface area (Å²) in [6, 6.07) is 63.7. The standard InChI is InChI=1S/C50H29N5/c1-52-42-18-11-23-48-50(42)40-17-5-9-22-46(40)54(48)34-13-10-12-33(29-34)36-26-24-32(31-51)28-49(36)55-45-21-8-4-16-39(45)41-30-35(25-27-47(41)55)53-43-19-6-2-14-37(43)38-15-3-7-20-44(38)53/h2-30H. The molecule has 5 heteroatoms. The second kappa shape index (κ2) is 11.8. The Labute approximate surface area is 316 Å². The van der Waals surface area contributed by atoms with Crippen LogP contribution in [0.25, 0.3) is 98.5 Å². The molecular formula is C50H29N5. The number of nitrogens with zero attached hydrogens (tertiary/aromatic N) is 5. The van der Waals surface area contributed by atoms with Crippen LogP contribution in [0.15, 0.2) is 176 Å². The van der Waals surface area contributed by atoms with Crippen LogP contribution in [-0.2, 0) is 0 Å². The third-order valence-corrected chi connectivity index (χ3v) is 11.1. The quantitative estimate of drug-likeness (QED) is 0.169. The Morgan fingerprint density at radius 3 is 1.67 bits per heavy atom. The van der Waals surface area contributed by atoms with Crippen LogP contribution in [0.3, 0.4) is 0 Å². The molecule has 0 saturated heterocycles. The van der Waals surface area contributed by atoms with Crippen molar-refractivity contribution in [2.24, 2.45) is 0 Å². The van der Waals surface area contributed by atoms with Gasteiger partial charge in [0.1, 0.15) is 0 Å². The maximum absolute atomic E-state index is 10.2. The summed E-state index contributed by atoms with van der Waals surface area (Å²) in [6.07, 6.45) is 0. The molecule has 11 rings (SSSR count). The number of rotatable bonds is 4. The van der Waals surface area contributed by atoms with E-state index in [1.807, 2.05) is 36.4 Å². The first kappa shape index (κ1) is 30.7. The van der Waals surface area contributed by atoms with E-state index in [9.17, 15) is 5.26 Å². The van der Waals surface area contributed by atoms with Crippen LogP contribution < -0.4 is 0 Å². The first-order chi connectivity index (χ1) is 27.2. The largest absolute Gasteiger partial charge is 0.311 e. The molecule has 5 nitrogen and oxygen atoms in total. The van der Waals surface area contributed by atoms with Gasteiger partial charge in [-0.15, -0.1) is 0 Å². The third kappa shape index (κ3) is 4.45. The second-order valence-electron chi connectivity index (χ2n) is 14.0. The molecule has 254 valence electrons. The molecule has 0 saturated carbocycles. The average molecular weight is 700 g/mol. The van der Waals surface area contributed by atoms with Gasteiger partial charge in [0.25, 0.3) is 0 Å². The summed E-state index contributed by atoms with van der Waals surface area (Å²) in [5.74, 6) is 0. The topological polar surface area (TPSA) is 42.9 Å². The number of nitriles is 1. The van der Waals surface area contributed by atoms with E-state index < -0.39 is 0 Å². The first-order valence-electron chi connectivity index (χ1n) is 18.3. The Morgan fingerprint density at radius 2 is 0.982 bits per heavy atom. The number of hydrogen-bond acceptors (Lipinski definition) is 1. The molecule has 0 aliphatic heterocycles. The fourth-order valence-electron chi connectivity index (χ4n) is 8.77. The lowest BCUT2D eigenvalue weighted by Crippen LogP contribution is -2.00. The molecule has 0 radical (unpaired) electrons. The Morgan fingerprint density at radius 1 is 0.436 bits per heavy atom. The summed E-state index contributed by atoms with van der Waals surface area (Å²) in [4.78, 5) is 3.88. The Balaban J connectivity index is 1.15. The highest BCUT2D eigenvalue weighted by Gasteiger charge is 2.20. The number of benzene rings is 8. The third-order valence-electron chi connectivity index (χ3n) is 11.1. The first-order valence-corrected chi connectivity index (χ1v) is 18.3. The summed E-state index contributed by atoms with van der Waals surface area (Å²) in [7, 11) is 0. The van der Waals surface area contributed by atoms with Gasteiger partial charge in [-0.25, -0.2) is 4.85 Å². The lowest BCUT2D eigenvalue weighted by Gasteiger charge is -2.16. The van der Waals surface area contributed by atoms with Gasteiger partial charge in [0.2, 0.25) is 0 Å². The molecule has 3 heterocycles. The molecule has 0 aliphatic rings. The van der Waals surface area contributed by atoms with Crippen molar-refractivity contribution in [1.29, 1.82) is 5.26 Å². The van der Waals surface area contributed by atoms with Crippen LogP contribution in [-0.4, -0.2) is 13.7 Å². The van der Waals surface area contributed by atoms with Crippen LogP contribution >= 0.6 is 0 Å². The van der Waals surface area contributed by atoms with Gasteiger partial charge in [0.15, 0.2) is 5.69 Å². The summed E-state index contributed by atoms with van der Waals surface area (Å²) in [5.41, 5.74) is 12.8. The van der Waals surface area contributed by atoms with Crippen molar-refractivity contribution in [3.05, 3.63) is 193 Å². The van der Waals surface area contributed by atoms with E-state index in [0.717, 1.165) is 71.8 Å². The second-order valence-corrected chi connectivity index (χ2v) is 14.0. The minimum absolute atomic E-state index is 0.594. The Kier molecular flexibility index (Phi) is 6.61. The van der Waals surface area contributed by atoms with Crippen LogP contribution in [0.1, 0.15) is 5.56 Å². The minimum Gasteiger partial charge on any atom is -0.311 e. The summed E-state index contributed by atoms with van der Waals surface area (Å²) in [6.45, 7) is 7.90. The smallest absolute Gasteiger partial charge is 0.197 e. The van der Waals surface area contributed by atoms with Crippen LogP contribution in [0.4, 0.5) is 5.69 Å². The molecule has 3 aromatic heterocycles. The fraction of sp³-hybridized carbons (Fsp3) is 0. The number of aromatic nitrogens is 3. The Bertz CT molecular complexity index is 3420. The molecular weight excluding hydrogens is 671 g/mol. The molecule has 0 aliphatic carbocycles. The maximum Gasteiger partial charge on any atom is 0.197 e. The molecule has 0 fully saturated rings. The van der Waals surface area contributed by atoms with Gasteiger partial charge in [-0.05, 0) is 83.7 Å². The van der Waals surface area contributed by atoms with Gasteiger partial charge < -0.3 is 13.7 Å². The van der Waals surface area contributed by atoms with Crippen LogP contribution in [0.5, 0.6) is 0 Å². The summed E-state index contributed by atoms with van der Waals surface area (Å²) >= 11 is 0. The number of hydrogen-bond donors (Lipinski definition) is 0. The Hall–Kier alpha value is -7.86. The molecule has 8 aromatic carbocycles. The van der Waals surface area contributed by atoms with Gasteiger partial charge in [0, 0.05) is 49.4 Å². The normalized spacial score (nSPS) is 11.6. The van der Waals surface area contributed by atoms with Crippen molar-refractivity contribution in [3.8, 4) is 34.3 Å². The predicted octanol–water partition coefficient (Wildman–Crippen LogP) is 13.1. The van der Waals surface area contributed by atoms with Gasteiger partial charge >= 0.3 is 0 Å². The van der Waals surface area contributed by atoms with Crippen LogP contribution in [0.2, 0.25) is 0 Å². The number of fused-ring (bicyclic) bond motifs is 9. The zero-order chi connectivity index (χ0) is 36.6. The highest BCUT2D eigenvalue weighted by atomic mass is 15.0. The molecule has 0 unspecified atom stereocenters. The minimum atomic E-state index is 0.594. The number of para-hydroxylation sites is 4. The molecule has 0 spiro atoms. The van der Waals surface area contributed by atoms with Crippen molar-refractivity contribution in [2.75, 3.05) is 0 Å². The molecule has 55 heavy (non-hydrogen) atoms. The van der Waals surface area contributed by atoms with Crippen molar-refractivity contribution >= 4 is 71.1 Å².